The fraction of sp³-hybridized carbons (Fsp3) is 0.318. The Morgan fingerprint density at radius 1 is 1.14 bits per heavy atom. The van der Waals surface area contributed by atoms with Gasteiger partial charge in [-0.1, -0.05) is 48.6 Å². The number of amides is 1. The summed E-state index contributed by atoms with van der Waals surface area (Å²) < 4.78 is 0. The predicted octanol–water partition coefficient (Wildman–Crippen LogP) is 3.25. The molecule has 3 rings (SSSR count). The van der Waals surface area contributed by atoms with Crippen LogP contribution in [0.15, 0.2) is 60.7 Å². The third-order valence-corrected chi connectivity index (χ3v) is 5.13. The minimum Gasteiger partial charge on any atom is -0.324 e. The second kappa shape index (κ2) is 9.95. The average molecular weight is 394 g/mol. The first-order chi connectivity index (χ1) is 14.0. The van der Waals surface area contributed by atoms with Gasteiger partial charge in [-0.3, -0.25) is 24.7 Å². The van der Waals surface area contributed by atoms with E-state index < -0.39 is 4.92 Å². The summed E-state index contributed by atoms with van der Waals surface area (Å²) in [6.07, 6.45) is 4.30. The van der Waals surface area contributed by atoms with Crippen LogP contribution in [0, 0.1) is 10.1 Å². The maximum Gasteiger partial charge on any atom is 0.271 e. The highest BCUT2D eigenvalue weighted by Gasteiger charge is 2.25. The van der Waals surface area contributed by atoms with Crippen LogP contribution >= 0.6 is 0 Å². The number of nitro benzene ring substituents is 1. The van der Waals surface area contributed by atoms with Crippen molar-refractivity contribution in [2.24, 2.45) is 0 Å². The predicted molar refractivity (Wildman–Crippen MR) is 115 cm³/mol. The summed E-state index contributed by atoms with van der Waals surface area (Å²) in [5, 5.41) is 13.7. The molecule has 2 aromatic carbocycles. The van der Waals surface area contributed by atoms with Crippen LogP contribution in [-0.2, 0) is 4.79 Å². The molecule has 0 saturated carbocycles. The average Bonchev–Trinajstić information content (AvgIpc) is 2.74. The molecule has 1 fully saturated rings. The van der Waals surface area contributed by atoms with Crippen LogP contribution in [0.1, 0.15) is 12.5 Å². The highest BCUT2D eigenvalue weighted by Crippen LogP contribution is 2.18. The Labute approximate surface area is 170 Å². The van der Waals surface area contributed by atoms with Crippen LogP contribution < -0.4 is 5.32 Å². The molecule has 152 valence electrons. The van der Waals surface area contributed by atoms with Crippen molar-refractivity contribution in [3.05, 3.63) is 76.4 Å². The van der Waals surface area contributed by atoms with Gasteiger partial charge in [0.15, 0.2) is 0 Å². The summed E-state index contributed by atoms with van der Waals surface area (Å²) >= 11 is 0. The van der Waals surface area contributed by atoms with Gasteiger partial charge in [-0.25, -0.2) is 0 Å². The zero-order chi connectivity index (χ0) is 20.6. The number of nitrogens with zero attached hydrogens (tertiary/aromatic N) is 3. The van der Waals surface area contributed by atoms with Crippen LogP contribution in [0.2, 0.25) is 0 Å². The van der Waals surface area contributed by atoms with Gasteiger partial charge in [0.05, 0.1) is 11.0 Å². The van der Waals surface area contributed by atoms with Crippen LogP contribution in [0.4, 0.5) is 11.4 Å². The Hall–Kier alpha value is -3.03. The van der Waals surface area contributed by atoms with Gasteiger partial charge in [0.25, 0.3) is 5.69 Å². The molecular weight excluding hydrogens is 368 g/mol. The Morgan fingerprint density at radius 2 is 1.86 bits per heavy atom. The van der Waals surface area contributed by atoms with Crippen LogP contribution in [-0.4, -0.2) is 59.4 Å². The number of hydrogen-bond acceptors (Lipinski definition) is 5. The second-order valence-corrected chi connectivity index (χ2v) is 7.12. The van der Waals surface area contributed by atoms with E-state index in [0.29, 0.717) is 5.69 Å². The largest absolute Gasteiger partial charge is 0.324 e. The Balaban J connectivity index is 1.46. The summed E-state index contributed by atoms with van der Waals surface area (Å²) in [6, 6.07) is 15.9. The topological polar surface area (TPSA) is 78.7 Å². The molecule has 1 aliphatic rings. The highest BCUT2D eigenvalue weighted by atomic mass is 16.6. The molecule has 0 aromatic heterocycles. The maximum absolute atomic E-state index is 12.6. The lowest BCUT2D eigenvalue weighted by molar-refractivity contribution is -0.384. The van der Waals surface area contributed by atoms with E-state index in [0.717, 1.165) is 32.7 Å². The Bertz CT molecular complexity index is 861. The molecule has 1 amide bonds. The molecule has 1 aliphatic heterocycles. The standard InChI is InChI=1S/C22H26N4O3/c1-18(22(27)23-20-10-5-11-21(17-20)26(28)29)25-15-13-24(14-16-25)12-6-9-19-7-3-2-4-8-19/h2-11,17-18H,12-16H2,1H3,(H,23,27)/b9-6+/t18-/m0/s1. The number of nitro groups is 1. The van der Waals surface area contributed by atoms with E-state index in [9.17, 15) is 14.9 Å². The molecule has 7 nitrogen and oxygen atoms in total. The number of hydrogen-bond donors (Lipinski definition) is 1. The van der Waals surface area contributed by atoms with Gasteiger partial charge in [0.2, 0.25) is 5.91 Å². The smallest absolute Gasteiger partial charge is 0.271 e. The van der Waals surface area contributed by atoms with E-state index in [4.69, 9.17) is 0 Å². The number of nitrogens with one attached hydrogen (secondary N) is 1. The summed E-state index contributed by atoms with van der Waals surface area (Å²) in [4.78, 5) is 27.5. The van der Waals surface area contributed by atoms with Gasteiger partial charge in [-0.15, -0.1) is 0 Å². The number of carbonyl (C=O) groups excluding carboxylic acids is 1. The fourth-order valence-electron chi connectivity index (χ4n) is 3.34. The molecule has 7 heteroatoms. The minimum atomic E-state index is -0.468. The molecule has 1 heterocycles. The van der Waals surface area contributed by atoms with Crippen molar-refractivity contribution in [3.8, 4) is 0 Å². The summed E-state index contributed by atoms with van der Waals surface area (Å²) in [5.74, 6) is -0.150. The van der Waals surface area contributed by atoms with E-state index in [1.165, 1.54) is 17.7 Å². The molecule has 2 aromatic rings. The molecule has 0 aliphatic carbocycles. The molecular formula is C22H26N4O3. The lowest BCUT2D eigenvalue weighted by Gasteiger charge is -2.37. The van der Waals surface area contributed by atoms with Crippen molar-refractivity contribution in [2.45, 2.75) is 13.0 Å². The highest BCUT2D eigenvalue weighted by molar-refractivity contribution is 5.94. The lowest BCUT2D eigenvalue weighted by atomic mass is 10.2. The molecule has 1 saturated heterocycles. The number of benzene rings is 2. The van der Waals surface area contributed by atoms with E-state index in [1.807, 2.05) is 25.1 Å². The number of anilines is 1. The lowest BCUT2D eigenvalue weighted by Crippen LogP contribution is -2.52. The van der Waals surface area contributed by atoms with E-state index in [2.05, 4.69) is 39.4 Å². The van der Waals surface area contributed by atoms with Crippen molar-refractivity contribution in [2.75, 3.05) is 38.0 Å². The van der Waals surface area contributed by atoms with Crippen molar-refractivity contribution >= 4 is 23.4 Å². The zero-order valence-electron chi connectivity index (χ0n) is 16.5. The van der Waals surface area contributed by atoms with Gasteiger partial charge in [-0.05, 0) is 18.6 Å². The first kappa shape index (κ1) is 20.7. The van der Waals surface area contributed by atoms with E-state index >= 15 is 0 Å². The fourth-order valence-corrected chi connectivity index (χ4v) is 3.34. The van der Waals surface area contributed by atoms with Gasteiger partial charge in [-0.2, -0.15) is 0 Å². The number of piperazine rings is 1. The van der Waals surface area contributed by atoms with Crippen molar-refractivity contribution in [3.63, 3.8) is 0 Å². The summed E-state index contributed by atoms with van der Waals surface area (Å²) in [5.41, 5.74) is 1.60. The van der Waals surface area contributed by atoms with E-state index in [1.54, 1.807) is 12.1 Å². The van der Waals surface area contributed by atoms with Crippen molar-refractivity contribution < 1.29 is 9.72 Å². The molecule has 1 N–H and O–H groups in total. The summed E-state index contributed by atoms with van der Waals surface area (Å²) in [7, 11) is 0. The van der Waals surface area contributed by atoms with Crippen molar-refractivity contribution in [1.82, 2.24) is 9.80 Å². The van der Waals surface area contributed by atoms with Gasteiger partial charge in [0, 0.05) is 50.5 Å². The second-order valence-electron chi connectivity index (χ2n) is 7.12. The maximum atomic E-state index is 12.6. The Morgan fingerprint density at radius 3 is 2.55 bits per heavy atom. The van der Waals surface area contributed by atoms with E-state index in [-0.39, 0.29) is 17.6 Å². The normalized spacial score (nSPS) is 16.6. The van der Waals surface area contributed by atoms with Crippen LogP contribution in [0.5, 0.6) is 0 Å². The number of carbonyl (C=O) groups is 1. The minimum absolute atomic E-state index is 0.0346. The molecule has 0 unspecified atom stereocenters. The molecule has 1 atom stereocenters. The third kappa shape index (κ3) is 5.97. The van der Waals surface area contributed by atoms with Gasteiger partial charge in [0.1, 0.15) is 0 Å². The zero-order valence-corrected chi connectivity index (χ0v) is 16.5. The van der Waals surface area contributed by atoms with Crippen LogP contribution in [0.25, 0.3) is 6.08 Å². The molecule has 0 radical (unpaired) electrons. The molecule has 0 spiro atoms. The molecule has 0 bridgehead atoms. The first-order valence-corrected chi connectivity index (χ1v) is 9.76. The number of rotatable bonds is 7. The summed E-state index contributed by atoms with van der Waals surface area (Å²) in [6.45, 7) is 6.17. The number of non-ortho nitro benzene ring substituents is 1. The van der Waals surface area contributed by atoms with Crippen molar-refractivity contribution in [1.29, 1.82) is 0 Å². The Kier molecular flexibility index (Phi) is 7.10. The van der Waals surface area contributed by atoms with Gasteiger partial charge < -0.3 is 5.32 Å². The SMILES string of the molecule is C[C@@H](C(=O)Nc1cccc([N+](=O)[O-])c1)N1CCN(C/C=C/c2ccccc2)CC1. The monoisotopic (exact) mass is 394 g/mol. The van der Waals surface area contributed by atoms with Gasteiger partial charge >= 0.3 is 0 Å². The first-order valence-electron chi connectivity index (χ1n) is 9.76. The molecule has 29 heavy (non-hydrogen) atoms. The van der Waals surface area contributed by atoms with Crippen LogP contribution in [0.3, 0.4) is 0 Å². The third-order valence-electron chi connectivity index (χ3n) is 5.13. The quantitative estimate of drug-likeness (QED) is 0.576.